The van der Waals surface area contributed by atoms with Gasteiger partial charge in [-0.15, -0.1) is 0 Å². The second-order valence-corrected chi connectivity index (χ2v) is 6.55. The van der Waals surface area contributed by atoms with Crippen LogP contribution in [0, 0.1) is 6.92 Å². The third-order valence-electron chi connectivity index (χ3n) is 4.46. The molecule has 0 heterocycles. The highest BCUT2D eigenvalue weighted by Gasteiger charge is 2.04. The molecular formula is C26H24. The Kier molecular flexibility index (Phi) is 5.66. The number of rotatable bonds is 5. The summed E-state index contributed by atoms with van der Waals surface area (Å²) in [5, 5.41) is 0. The van der Waals surface area contributed by atoms with E-state index in [1.807, 2.05) is 24.3 Å². The molecule has 128 valence electrons. The minimum Gasteiger partial charge on any atom is -0.0911 e. The van der Waals surface area contributed by atoms with E-state index in [2.05, 4.69) is 93.2 Å². The van der Waals surface area contributed by atoms with Crippen molar-refractivity contribution >= 4 is 16.7 Å². The number of hydrogen-bond acceptors (Lipinski definition) is 0. The largest absolute Gasteiger partial charge is 0.0911 e. The molecule has 3 aromatic carbocycles. The zero-order valence-electron chi connectivity index (χ0n) is 15.4. The minimum absolute atomic E-state index is 1.01. The van der Waals surface area contributed by atoms with Gasteiger partial charge in [-0.2, -0.15) is 0 Å². The number of benzene rings is 3. The smallest absolute Gasteiger partial charge is 0.0175 e. The number of hydrogen-bond donors (Lipinski definition) is 0. The fourth-order valence-electron chi connectivity index (χ4n) is 2.90. The molecule has 0 unspecified atom stereocenters. The molecule has 3 aromatic rings. The zero-order valence-corrected chi connectivity index (χ0v) is 15.4. The van der Waals surface area contributed by atoms with Crippen molar-refractivity contribution in [1.82, 2.24) is 0 Å². The molecule has 0 saturated heterocycles. The van der Waals surface area contributed by atoms with Crippen LogP contribution in [0.1, 0.15) is 29.2 Å². The summed E-state index contributed by atoms with van der Waals surface area (Å²) in [6, 6.07) is 29.5. The van der Waals surface area contributed by atoms with E-state index in [9.17, 15) is 0 Å². The predicted molar refractivity (Wildman–Crippen MR) is 115 cm³/mol. The second kappa shape index (κ2) is 8.31. The van der Waals surface area contributed by atoms with Crippen LogP contribution >= 0.6 is 0 Å². The third-order valence-corrected chi connectivity index (χ3v) is 4.46. The van der Waals surface area contributed by atoms with Crippen molar-refractivity contribution in [3.05, 3.63) is 126 Å². The fourth-order valence-corrected chi connectivity index (χ4v) is 2.90. The Morgan fingerprint density at radius 2 is 1.19 bits per heavy atom. The summed E-state index contributed by atoms with van der Waals surface area (Å²) in [5.74, 6) is 0. The molecule has 3 rings (SSSR count). The van der Waals surface area contributed by atoms with Gasteiger partial charge >= 0.3 is 0 Å². The van der Waals surface area contributed by atoms with E-state index >= 15 is 0 Å². The van der Waals surface area contributed by atoms with E-state index in [-0.39, 0.29) is 0 Å². The molecule has 0 amide bonds. The van der Waals surface area contributed by atoms with Crippen LogP contribution in [0.3, 0.4) is 0 Å². The summed E-state index contributed by atoms with van der Waals surface area (Å²) in [4.78, 5) is 0. The van der Waals surface area contributed by atoms with Gasteiger partial charge in [-0.25, -0.2) is 0 Å². The molecule has 0 bridgehead atoms. The molecule has 26 heavy (non-hydrogen) atoms. The topological polar surface area (TPSA) is 0 Å². The van der Waals surface area contributed by atoms with Gasteiger partial charge in [0.25, 0.3) is 0 Å². The first-order valence-corrected chi connectivity index (χ1v) is 8.90. The van der Waals surface area contributed by atoms with Gasteiger partial charge in [0.2, 0.25) is 0 Å². The van der Waals surface area contributed by atoms with Crippen LogP contribution in [0.15, 0.2) is 104 Å². The lowest BCUT2D eigenvalue weighted by Gasteiger charge is -2.09. The van der Waals surface area contributed by atoms with Crippen molar-refractivity contribution < 1.29 is 0 Å². The average molecular weight is 336 g/mol. The highest BCUT2D eigenvalue weighted by atomic mass is 14.1. The molecule has 0 aliphatic heterocycles. The molecule has 0 spiro atoms. The minimum atomic E-state index is 1.01. The molecule has 0 saturated carbocycles. The molecule has 0 heteroatoms. The van der Waals surface area contributed by atoms with Gasteiger partial charge in [-0.3, -0.25) is 0 Å². The van der Waals surface area contributed by atoms with E-state index in [4.69, 9.17) is 0 Å². The summed E-state index contributed by atoms with van der Waals surface area (Å²) >= 11 is 0. The monoisotopic (exact) mass is 336 g/mol. The molecule has 0 N–H and O–H groups in total. The van der Waals surface area contributed by atoms with Crippen molar-refractivity contribution in [2.75, 3.05) is 0 Å². The average Bonchev–Trinajstić information content (AvgIpc) is 2.69. The lowest BCUT2D eigenvalue weighted by atomic mass is 9.96. The van der Waals surface area contributed by atoms with Crippen LogP contribution in [0.25, 0.3) is 16.7 Å². The van der Waals surface area contributed by atoms with Crippen molar-refractivity contribution in [2.45, 2.75) is 13.8 Å². The molecule has 0 nitrogen and oxygen atoms in total. The van der Waals surface area contributed by atoms with Gasteiger partial charge in [0.1, 0.15) is 0 Å². The van der Waals surface area contributed by atoms with Gasteiger partial charge < -0.3 is 0 Å². The summed E-state index contributed by atoms with van der Waals surface area (Å²) < 4.78 is 0. The standard InChI is InChI=1S/C26H24/c1-20-14-16-25(17-15-20)26(18-21(2)23-10-6-4-7-11-23)19-22(3)24-12-8-5-9-13-24/h4-19H,2H2,1,3H3/b22-19+,26-18+. The lowest BCUT2D eigenvalue weighted by Crippen LogP contribution is -1.87. The fraction of sp³-hybridized carbons (Fsp3) is 0.0769. The van der Waals surface area contributed by atoms with Crippen LogP contribution < -0.4 is 0 Å². The third kappa shape index (κ3) is 4.49. The Morgan fingerprint density at radius 3 is 1.77 bits per heavy atom. The van der Waals surface area contributed by atoms with Gasteiger partial charge in [-0.1, -0.05) is 103 Å². The van der Waals surface area contributed by atoms with Crippen LogP contribution in [-0.4, -0.2) is 0 Å². The highest BCUT2D eigenvalue weighted by Crippen LogP contribution is 2.26. The Bertz CT molecular complexity index is 924. The maximum atomic E-state index is 4.28. The van der Waals surface area contributed by atoms with E-state index in [1.54, 1.807) is 0 Å². The molecule has 0 aliphatic rings. The number of allylic oxidation sites excluding steroid dienone is 5. The molecular weight excluding hydrogens is 312 g/mol. The molecule has 0 fully saturated rings. The SMILES string of the molecule is C=C(/C=C(\C=C(/C)c1ccccc1)c1ccc(C)cc1)c1ccccc1. The van der Waals surface area contributed by atoms with Crippen LogP contribution in [0.5, 0.6) is 0 Å². The first-order valence-electron chi connectivity index (χ1n) is 8.90. The van der Waals surface area contributed by atoms with E-state index in [1.165, 1.54) is 27.8 Å². The lowest BCUT2D eigenvalue weighted by molar-refractivity contribution is 1.45. The van der Waals surface area contributed by atoms with E-state index in [0.29, 0.717) is 0 Å². The van der Waals surface area contributed by atoms with Crippen molar-refractivity contribution in [3.63, 3.8) is 0 Å². The van der Waals surface area contributed by atoms with Gasteiger partial charge in [-0.05, 0) is 53.3 Å². The first kappa shape index (κ1) is 17.7. The maximum absolute atomic E-state index is 4.28. The Balaban J connectivity index is 2.03. The van der Waals surface area contributed by atoms with Crippen molar-refractivity contribution in [3.8, 4) is 0 Å². The normalized spacial score (nSPS) is 12.1. The van der Waals surface area contributed by atoms with Crippen LogP contribution in [-0.2, 0) is 0 Å². The summed E-state index contributed by atoms with van der Waals surface area (Å²) in [5.41, 5.74) is 8.25. The number of aryl methyl sites for hydroxylation is 1. The molecule has 0 aliphatic carbocycles. The van der Waals surface area contributed by atoms with Crippen molar-refractivity contribution in [2.24, 2.45) is 0 Å². The highest BCUT2D eigenvalue weighted by molar-refractivity contribution is 5.90. The zero-order chi connectivity index (χ0) is 18.4. The molecule has 0 radical (unpaired) electrons. The summed E-state index contributed by atoms with van der Waals surface area (Å²) in [6.45, 7) is 8.55. The molecule has 0 aromatic heterocycles. The van der Waals surface area contributed by atoms with Gasteiger partial charge in [0.15, 0.2) is 0 Å². The van der Waals surface area contributed by atoms with Crippen LogP contribution in [0.4, 0.5) is 0 Å². The second-order valence-electron chi connectivity index (χ2n) is 6.55. The first-order chi connectivity index (χ1) is 12.6. The summed E-state index contributed by atoms with van der Waals surface area (Å²) in [6.07, 6.45) is 4.42. The summed E-state index contributed by atoms with van der Waals surface area (Å²) in [7, 11) is 0. The predicted octanol–water partition coefficient (Wildman–Crippen LogP) is 7.20. The van der Waals surface area contributed by atoms with Gasteiger partial charge in [0.05, 0.1) is 0 Å². The van der Waals surface area contributed by atoms with E-state index in [0.717, 1.165) is 11.1 Å². The van der Waals surface area contributed by atoms with Crippen molar-refractivity contribution in [1.29, 1.82) is 0 Å². The van der Waals surface area contributed by atoms with Gasteiger partial charge in [0, 0.05) is 0 Å². The Hall–Kier alpha value is -3.12. The Labute approximate surface area is 156 Å². The Morgan fingerprint density at radius 1 is 0.654 bits per heavy atom. The van der Waals surface area contributed by atoms with E-state index < -0.39 is 0 Å². The quantitative estimate of drug-likeness (QED) is 0.432. The molecule has 0 atom stereocenters. The maximum Gasteiger partial charge on any atom is -0.0175 e. The van der Waals surface area contributed by atoms with Crippen LogP contribution in [0.2, 0.25) is 0 Å².